The molecule has 3 unspecified atom stereocenters. The Labute approximate surface area is 638 Å². The van der Waals surface area contributed by atoms with Crippen LogP contribution in [0.25, 0.3) is 0 Å². The minimum Gasteiger partial charge on any atom is -0.462 e. The molecule has 0 bridgehead atoms. The Morgan fingerprint density at radius 1 is 0.279 bits per heavy atom. The van der Waals surface area contributed by atoms with Gasteiger partial charge in [-0.05, 0) is 43.4 Å². The fourth-order valence-corrected chi connectivity index (χ4v) is 14.7. The summed E-state index contributed by atoms with van der Waals surface area (Å²) >= 11 is 0. The highest BCUT2D eigenvalue weighted by molar-refractivity contribution is 7.47. The van der Waals surface area contributed by atoms with Crippen LogP contribution in [0, 0.1) is 17.8 Å². The van der Waals surface area contributed by atoms with Gasteiger partial charge in [-0.3, -0.25) is 37.3 Å². The van der Waals surface area contributed by atoms with Crippen molar-refractivity contribution in [1.82, 2.24) is 0 Å². The molecule has 0 heterocycles. The fraction of sp³-hybridized carbons (Fsp3) is 0.953. The van der Waals surface area contributed by atoms with Crippen molar-refractivity contribution >= 4 is 39.5 Å². The zero-order valence-electron chi connectivity index (χ0n) is 68.5. The molecule has 0 aliphatic carbocycles. The molecule has 6 atom stereocenters. The molecule has 0 aromatic heterocycles. The molecule has 0 aliphatic rings. The van der Waals surface area contributed by atoms with Gasteiger partial charge in [0.1, 0.15) is 19.3 Å². The SMILES string of the molecule is CCCCCCCCCCCCCCCC(=O)OC[C@H](COP(=O)(O)OC[C@H](O)COP(=O)(O)OC[C@@H](COC(=O)CCCCCCCCCCCCCCCCCC(C)C)OC(=O)CCCCCCCCCCCCCCCCCCC(C)C)OC(=O)CCCCCCCCCCCCC(C)CC. The number of aliphatic hydroxyl groups is 1. The van der Waals surface area contributed by atoms with Gasteiger partial charge in [-0.15, -0.1) is 0 Å². The Balaban J connectivity index is 5.27. The van der Waals surface area contributed by atoms with Gasteiger partial charge in [0.25, 0.3) is 0 Å². The minimum atomic E-state index is -4.97. The van der Waals surface area contributed by atoms with Crippen molar-refractivity contribution in [2.75, 3.05) is 39.6 Å². The quantitative estimate of drug-likeness (QED) is 0.0222. The predicted molar refractivity (Wildman–Crippen MR) is 428 cm³/mol. The van der Waals surface area contributed by atoms with Crippen LogP contribution in [0.4, 0.5) is 0 Å². The van der Waals surface area contributed by atoms with Crippen LogP contribution in [0.2, 0.25) is 0 Å². The zero-order valence-corrected chi connectivity index (χ0v) is 70.3. The summed E-state index contributed by atoms with van der Waals surface area (Å²) in [7, 11) is -9.93. The van der Waals surface area contributed by atoms with Crippen LogP contribution in [0.3, 0.4) is 0 Å². The molecule has 0 aliphatic heterocycles. The summed E-state index contributed by atoms with van der Waals surface area (Å²) < 4.78 is 68.9. The largest absolute Gasteiger partial charge is 0.472 e. The van der Waals surface area contributed by atoms with E-state index in [0.717, 1.165) is 108 Å². The number of phosphoric ester groups is 2. The first-order valence-electron chi connectivity index (χ1n) is 43.9. The van der Waals surface area contributed by atoms with Gasteiger partial charge in [-0.1, -0.05) is 395 Å². The molecule has 0 spiro atoms. The molecule has 0 aromatic rings. The third-order valence-electron chi connectivity index (χ3n) is 20.2. The molecule has 17 nitrogen and oxygen atoms in total. The predicted octanol–water partition coefficient (Wildman–Crippen LogP) is 25.7. The molecule has 104 heavy (non-hydrogen) atoms. The van der Waals surface area contributed by atoms with Crippen molar-refractivity contribution in [2.24, 2.45) is 17.8 Å². The van der Waals surface area contributed by atoms with Crippen molar-refractivity contribution in [3.05, 3.63) is 0 Å². The molecule has 0 fully saturated rings. The second-order valence-corrected chi connectivity index (χ2v) is 34.7. The molecule has 0 amide bonds. The smallest absolute Gasteiger partial charge is 0.462 e. The second-order valence-electron chi connectivity index (χ2n) is 31.8. The van der Waals surface area contributed by atoms with Crippen LogP contribution in [-0.2, 0) is 65.4 Å². The van der Waals surface area contributed by atoms with Gasteiger partial charge in [0.15, 0.2) is 12.2 Å². The lowest BCUT2D eigenvalue weighted by atomic mass is 9.99. The monoisotopic (exact) mass is 1520 g/mol. The van der Waals surface area contributed by atoms with Crippen molar-refractivity contribution in [3.63, 3.8) is 0 Å². The summed E-state index contributed by atoms with van der Waals surface area (Å²) in [5.74, 6) is 0.315. The topological polar surface area (TPSA) is 237 Å². The summed E-state index contributed by atoms with van der Waals surface area (Å²) in [6, 6.07) is 0. The van der Waals surface area contributed by atoms with Gasteiger partial charge in [-0.2, -0.15) is 0 Å². The molecule has 0 aromatic carbocycles. The molecular formula is C85H166O17P2. The van der Waals surface area contributed by atoms with Gasteiger partial charge >= 0.3 is 39.5 Å². The van der Waals surface area contributed by atoms with E-state index in [1.807, 2.05) is 0 Å². The number of esters is 4. The molecule has 0 radical (unpaired) electrons. The second kappa shape index (κ2) is 75.1. The Morgan fingerprint density at radius 2 is 0.490 bits per heavy atom. The van der Waals surface area contributed by atoms with Gasteiger partial charge < -0.3 is 33.8 Å². The lowest BCUT2D eigenvalue weighted by molar-refractivity contribution is -0.161. The molecule has 0 saturated carbocycles. The van der Waals surface area contributed by atoms with E-state index < -0.39 is 97.5 Å². The summed E-state index contributed by atoms with van der Waals surface area (Å²) in [5, 5.41) is 10.7. The number of hydrogen-bond donors (Lipinski definition) is 3. The summed E-state index contributed by atoms with van der Waals surface area (Å²) in [4.78, 5) is 73.2. The first kappa shape index (κ1) is 102. The average Bonchev–Trinajstić information content (AvgIpc) is 0.922. The lowest BCUT2D eigenvalue weighted by Gasteiger charge is -2.21. The Hall–Kier alpha value is -1.94. The van der Waals surface area contributed by atoms with E-state index in [1.54, 1.807) is 0 Å². The van der Waals surface area contributed by atoms with E-state index in [1.165, 1.54) is 257 Å². The first-order chi connectivity index (χ1) is 50.3. The third-order valence-corrected chi connectivity index (χ3v) is 22.1. The summed E-state index contributed by atoms with van der Waals surface area (Å²) in [5.41, 5.74) is 0. The zero-order chi connectivity index (χ0) is 76.5. The van der Waals surface area contributed by atoms with Crippen LogP contribution in [-0.4, -0.2) is 96.7 Å². The number of rotatable bonds is 83. The standard InChI is InChI=1S/C85H166O17P2/c1-8-10-11-12-13-14-15-23-30-38-45-52-59-66-82(87)95-73-81(102-85(90)69-62-55-48-41-34-33-37-44-51-58-65-78(7)9-2)75-100-104(93,94)98-71-79(86)70-97-103(91,92)99-74-80(72-96-83(88)67-60-53-46-39-31-26-22-18-20-25-29-36-43-50-57-64-77(5)6)101-84(89)68-61-54-47-40-32-27-21-17-16-19-24-28-35-42-49-56-63-76(3)4/h76-81,86H,8-75H2,1-7H3,(H,91,92)(H,93,94)/t78?,79-,80-,81-/m1/s1. The summed E-state index contributed by atoms with van der Waals surface area (Å²) in [6.45, 7) is 12.1. The molecular weight excluding hydrogens is 1350 g/mol. The van der Waals surface area contributed by atoms with Crippen molar-refractivity contribution in [1.29, 1.82) is 0 Å². The Morgan fingerprint density at radius 3 is 0.731 bits per heavy atom. The number of aliphatic hydroxyl groups excluding tert-OH is 1. The number of hydrogen-bond acceptors (Lipinski definition) is 15. The van der Waals surface area contributed by atoms with E-state index in [4.69, 9.17) is 37.0 Å². The highest BCUT2D eigenvalue weighted by atomic mass is 31.2. The van der Waals surface area contributed by atoms with E-state index in [-0.39, 0.29) is 25.7 Å². The lowest BCUT2D eigenvalue weighted by Crippen LogP contribution is -2.30. The van der Waals surface area contributed by atoms with E-state index >= 15 is 0 Å². The van der Waals surface area contributed by atoms with Gasteiger partial charge in [0.05, 0.1) is 26.4 Å². The number of phosphoric acid groups is 2. The van der Waals surface area contributed by atoms with Crippen molar-refractivity contribution in [3.8, 4) is 0 Å². The maximum atomic E-state index is 13.1. The van der Waals surface area contributed by atoms with E-state index in [9.17, 15) is 43.2 Å². The maximum Gasteiger partial charge on any atom is 0.472 e. The van der Waals surface area contributed by atoms with Gasteiger partial charge in [0.2, 0.25) is 0 Å². The number of unbranched alkanes of at least 4 members (excludes halogenated alkanes) is 50. The average molecular weight is 1520 g/mol. The highest BCUT2D eigenvalue weighted by Gasteiger charge is 2.30. The number of ether oxygens (including phenoxy) is 4. The molecule has 618 valence electrons. The van der Waals surface area contributed by atoms with Crippen LogP contribution < -0.4 is 0 Å². The van der Waals surface area contributed by atoms with Crippen molar-refractivity contribution < 1.29 is 80.2 Å². The molecule has 0 rings (SSSR count). The minimum absolute atomic E-state index is 0.107. The fourth-order valence-electron chi connectivity index (χ4n) is 13.2. The molecule has 0 saturated heterocycles. The molecule has 3 N–H and O–H groups in total. The number of carbonyl (C=O) groups excluding carboxylic acids is 4. The Kier molecular flexibility index (Phi) is 73.7. The molecule has 19 heteroatoms. The Bertz CT molecular complexity index is 2010. The van der Waals surface area contributed by atoms with Crippen LogP contribution in [0.15, 0.2) is 0 Å². The normalized spacial score (nSPS) is 14.2. The van der Waals surface area contributed by atoms with Gasteiger partial charge in [0, 0.05) is 25.7 Å². The highest BCUT2D eigenvalue weighted by Crippen LogP contribution is 2.45. The van der Waals surface area contributed by atoms with Crippen LogP contribution in [0.5, 0.6) is 0 Å². The van der Waals surface area contributed by atoms with E-state index in [2.05, 4.69) is 48.5 Å². The van der Waals surface area contributed by atoms with Crippen LogP contribution in [0.1, 0.15) is 447 Å². The van der Waals surface area contributed by atoms with Crippen LogP contribution >= 0.6 is 15.6 Å². The summed E-state index contributed by atoms with van der Waals surface area (Å²) in [6.07, 6.45) is 65.0. The maximum absolute atomic E-state index is 13.1. The first-order valence-corrected chi connectivity index (χ1v) is 46.9. The van der Waals surface area contributed by atoms with E-state index in [0.29, 0.717) is 25.7 Å². The van der Waals surface area contributed by atoms with Crippen molar-refractivity contribution in [2.45, 2.75) is 465 Å². The van der Waals surface area contributed by atoms with Gasteiger partial charge in [-0.25, -0.2) is 9.13 Å². The number of carbonyl (C=O) groups is 4. The third kappa shape index (κ3) is 76.8.